The van der Waals surface area contributed by atoms with E-state index in [4.69, 9.17) is 4.99 Å². The Morgan fingerprint density at radius 2 is 1.79 bits per heavy atom. The fourth-order valence-electron chi connectivity index (χ4n) is 4.78. The van der Waals surface area contributed by atoms with E-state index in [0.717, 1.165) is 48.2 Å². The third kappa shape index (κ3) is 4.84. The van der Waals surface area contributed by atoms with Gasteiger partial charge in [-0.1, -0.05) is 31.4 Å². The van der Waals surface area contributed by atoms with E-state index in [0.29, 0.717) is 17.3 Å². The lowest BCUT2D eigenvalue weighted by molar-refractivity contribution is -0.140. The molecule has 0 bridgehead atoms. The first-order valence-corrected chi connectivity index (χ1v) is 12.5. The summed E-state index contributed by atoms with van der Waals surface area (Å²) in [5, 5.41) is 3.55. The van der Waals surface area contributed by atoms with Gasteiger partial charge in [0.1, 0.15) is 17.2 Å². The van der Waals surface area contributed by atoms with E-state index >= 15 is 0 Å². The molecule has 0 radical (unpaired) electrons. The quantitative estimate of drug-likeness (QED) is 0.650. The van der Waals surface area contributed by atoms with Crippen molar-refractivity contribution in [3.63, 3.8) is 0 Å². The molecule has 2 aliphatic heterocycles. The lowest BCUT2D eigenvalue weighted by Crippen LogP contribution is -2.50. The van der Waals surface area contributed by atoms with Crippen LogP contribution >= 0.6 is 0 Å². The Morgan fingerprint density at radius 3 is 2.42 bits per heavy atom. The molecule has 33 heavy (non-hydrogen) atoms. The summed E-state index contributed by atoms with van der Waals surface area (Å²) in [5.74, 6) is -0.770. The number of carbonyl (C=O) groups excluding carboxylic acids is 1. The van der Waals surface area contributed by atoms with Gasteiger partial charge in [0, 0.05) is 24.4 Å². The Morgan fingerprint density at radius 1 is 1.12 bits per heavy atom. The molecule has 1 spiro atoms. The van der Waals surface area contributed by atoms with Gasteiger partial charge in [-0.25, -0.2) is 12.8 Å². The van der Waals surface area contributed by atoms with E-state index in [2.05, 4.69) is 5.32 Å². The zero-order valence-corrected chi connectivity index (χ0v) is 18.7. The van der Waals surface area contributed by atoms with E-state index < -0.39 is 38.7 Å². The average Bonchev–Trinajstić information content (AvgIpc) is 3.08. The van der Waals surface area contributed by atoms with Crippen molar-refractivity contribution in [3.8, 4) is 0 Å². The summed E-state index contributed by atoms with van der Waals surface area (Å²) in [4.78, 5) is 17.4. The minimum atomic E-state index is -4.96. The van der Waals surface area contributed by atoms with Crippen LogP contribution in [0.15, 0.2) is 28.6 Å². The van der Waals surface area contributed by atoms with Gasteiger partial charge in [0.15, 0.2) is 0 Å². The molecular formula is C22H25F4N3O3S. The van der Waals surface area contributed by atoms with E-state index in [1.165, 1.54) is 6.42 Å². The molecule has 11 heteroatoms. The third-order valence-corrected chi connectivity index (χ3v) is 8.21. The Labute approximate surface area is 189 Å². The molecule has 2 heterocycles. The first kappa shape index (κ1) is 23.9. The predicted octanol–water partition coefficient (Wildman–Crippen LogP) is 4.09. The van der Waals surface area contributed by atoms with E-state index in [9.17, 15) is 30.8 Å². The molecule has 0 unspecified atom stereocenters. The Kier molecular flexibility index (Phi) is 6.38. The van der Waals surface area contributed by atoms with Crippen LogP contribution in [0.3, 0.4) is 0 Å². The van der Waals surface area contributed by atoms with Crippen LogP contribution in [0.1, 0.15) is 56.1 Å². The molecule has 1 saturated carbocycles. The number of benzene rings is 1. The maximum absolute atomic E-state index is 13.7. The standard InChI is InChI=1S/C22H25F4N3O3S/c23-17-8-4-7-15(18(17)22(24,25)26)9-14-33(31,32)29-12-10-21(11-13-29)20(30)27-19(28-21)16-5-2-1-3-6-16/h4,7-9,14,16H,1-3,5-6,10-13H2,(H,27,28,30)/b14-9+. The molecule has 180 valence electrons. The molecule has 6 nitrogen and oxygen atoms in total. The van der Waals surface area contributed by atoms with Gasteiger partial charge in [0.2, 0.25) is 10.0 Å². The monoisotopic (exact) mass is 487 g/mol. The number of nitrogens with one attached hydrogen (secondary N) is 1. The number of amides is 1. The molecule has 1 N–H and O–H groups in total. The van der Waals surface area contributed by atoms with Crippen LogP contribution < -0.4 is 5.32 Å². The highest BCUT2D eigenvalue weighted by atomic mass is 32.2. The maximum atomic E-state index is 13.7. The number of alkyl halides is 3. The molecule has 1 saturated heterocycles. The van der Waals surface area contributed by atoms with E-state index in [1.54, 1.807) is 0 Å². The van der Waals surface area contributed by atoms with Crippen LogP contribution in [-0.4, -0.2) is 43.1 Å². The van der Waals surface area contributed by atoms with Crippen molar-refractivity contribution in [3.05, 3.63) is 40.6 Å². The van der Waals surface area contributed by atoms with Crippen molar-refractivity contribution >= 4 is 27.8 Å². The van der Waals surface area contributed by atoms with Gasteiger partial charge in [0.05, 0.1) is 5.56 Å². The molecule has 0 atom stereocenters. The zero-order valence-electron chi connectivity index (χ0n) is 17.9. The number of nitrogens with zero attached hydrogens (tertiary/aromatic N) is 2. The van der Waals surface area contributed by atoms with Crippen molar-refractivity contribution in [1.82, 2.24) is 9.62 Å². The van der Waals surface area contributed by atoms with E-state index in [1.807, 2.05) is 0 Å². The minimum Gasteiger partial charge on any atom is -0.312 e. The number of carbonyl (C=O) groups is 1. The van der Waals surface area contributed by atoms with Crippen molar-refractivity contribution in [2.75, 3.05) is 13.1 Å². The highest BCUT2D eigenvalue weighted by Gasteiger charge is 2.48. The first-order valence-electron chi connectivity index (χ1n) is 11.0. The summed E-state index contributed by atoms with van der Waals surface area (Å²) in [6, 6.07) is 2.77. The number of hydrogen-bond donors (Lipinski definition) is 1. The third-order valence-electron chi connectivity index (χ3n) is 6.65. The normalized spacial score (nSPS) is 22.7. The summed E-state index contributed by atoms with van der Waals surface area (Å²) in [6.07, 6.45) is 1.47. The number of hydrogen-bond acceptors (Lipinski definition) is 4. The predicted molar refractivity (Wildman–Crippen MR) is 115 cm³/mol. The molecule has 0 aromatic heterocycles. The highest BCUT2D eigenvalue weighted by Crippen LogP contribution is 2.36. The van der Waals surface area contributed by atoms with Gasteiger partial charge in [-0.2, -0.15) is 17.5 Å². The summed E-state index contributed by atoms with van der Waals surface area (Å²) < 4.78 is 79.8. The highest BCUT2D eigenvalue weighted by molar-refractivity contribution is 7.92. The molecule has 1 amide bonds. The van der Waals surface area contributed by atoms with Gasteiger partial charge in [-0.3, -0.25) is 9.79 Å². The van der Waals surface area contributed by atoms with Gasteiger partial charge in [-0.15, -0.1) is 0 Å². The van der Waals surface area contributed by atoms with Crippen molar-refractivity contribution in [2.24, 2.45) is 10.9 Å². The van der Waals surface area contributed by atoms with Crippen LogP contribution in [0, 0.1) is 11.7 Å². The molecule has 2 fully saturated rings. The fraction of sp³-hybridized carbons (Fsp3) is 0.545. The Bertz CT molecular complexity index is 1080. The summed E-state index contributed by atoms with van der Waals surface area (Å²) in [5.41, 5.74) is -3.08. The second-order valence-corrected chi connectivity index (χ2v) is 10.6. The van der Waals surface area contributed by atoms with Crippen molar-refractivity contribution in [2.45, 2.75) is 56.7 Å². The first-order chi connectivity index (χ1) is 15.5. The number of amidine groups is 1. The lowest BCUT2D eigenvalue weighted by Gasteiger charge is -2.34. The number of piperidine rings is 1. The van der Waals surface area contributed by atoms with Crippen LogP contribution in [0.4, 0.5) is 17.6 Å². The Hall–Kier alpha value is -2.27. The smallest absolute Gasteiger partial charge is 0.312 e. The van der Waals surface area contributed by atoms with Crippen molar-refractivity contribution in [1.29, 1.82) is 0 Å². The second kappa shape index (κ2) is 8.83. The van der Waals surface area contributed by atoms with E-state index in [-0.39, 0.29) is 37.8 Å². The molecule has 1 aliphatic carbocycles. The summed E-state index contributed by atoms with van der Waals surface area (Å²) in [7, 11) is -4.07. The van der Waals surface area contributed by atoms with Crippen molar-refractivity contribution < 1.29 is 30.8 Å². The molecule has 3 aliphatic rings. The van der Waals surface area contributed by atoms with Gasteiger partial charge in [0.25, 0.3) is 5.91 Å². The number of halogens is 4. The van der Waals surface area contributed by atoms with Gasteiger partial charge in [-0.05, 0) is 43.4 Å². The molecular weight excluding hydrogens is 462 g/mol. The fourth-order valence-corrected chi connectivity index (χ4v) is 5.97. The largest absolute Gasteiger partial charge is 0.419 e. The Balaban J connectivity index is 1.47. The zero-order chi connectivity index (χ0) is 23.9. The molecule has 1 aromatic rings. The van der Waals surface area contributed by atoms with Crippen LogP contribution in [0.2, 0.25) is 0 Å². The number of sulfonamides is 1. The summed E-state index contributed by atoms with van der Waals surface area (Å²) >= 11 is 0. The second-order valence-electron chi connectivity index (χ2n) is 8.77. The molecule has 4 rings (SSSR count). The molecule has 1 aromatic carbocycles. The SMILES string of the molecule is O=C1NC(C2CCCCC2)=NC12CCN(S(=O)(=O)/C=C/c1cccc(F)c1C(F)(F)F)CC2. The maximum Gasteiger partial charge on any atom is 0.419 e. The van der Waals surface area contributed by atoms with Crippen LogP contribution in [0.25, 0.3) is 6.08 Å². The average molecular weight is 488 g/mol. The topological polar surface area (TPSA) is 78.8 Å². The number of rotatable bonds is 4. The van der Waals surface area contributed by atoms with Gasteiger partial charge < -0.3 is 5.32 Å². The number of aliphatic imine (C=N–C) groups is 1. The lowest BCUT2D eigenvalue weighted by atomic mass is 9.88. The van der Waals surface area contributed by atoms with Crippen LogP contribution in [0.5, 0.6) is 0 Å². The van der Waals surface area contributed by atoms with Crippen LogP contribution in [-0.2, 0) is 21.0 Å². The minimum absolute atomic E-state index is 0.0107. The summed E-state index contributed by atoms with van der Waals surface area (Å²) in [6.45, 7) is 0.0215. The van der Waals surface area contributed by atoms with Gasteiger partial charge >= 0.3 is 6.18 Å².